The zero-order valence-electron chi connectivity index (χ0n) is 12.6. The molecular weight excluding hydrogens is 266 g/mol. The van der Waals surface area contributed by atoms with E-state index in [-0.39, 0.29) is 5.91 Å². The van der Waals surface area contributed by atoms with E-state index in [4.69, 9.17) is 4.52 Å². The average Bonchev–Trinajstić information content (AvgIpc) is 2.85. The maximum atomic E-state index is 11.8. The van der Waals surface area contributed by atoms with Gasteiger partial charge in [-0.15, -0.1) is 0 Å². The molecule has 0 aliphatic rings. The molecule has 2 rings (SSSR count). The maximum Gasteiger partial charge on any atom is 0.226 e. The maximum absolute atomic E-state index is 11.8. The zero-order chi connectivity index (χ0) is 15.2. The quantitative estimate of drug-likeness (QED) is 0.852. The SMILES string of the molecule is Cc1cc(NCCC(=O)Nc2ccc(C(C)C)cc2)no1. The number of aryl methyl sites for hydroxylation is 1. The second-order valence-corrected chi connectivity index (χ2v) is 5.32. The first-order valence-corrected chi connectivity index (χ1v) is 7.11. The third-order valence-electron chi connectivity index (χ3n) is 3.15. The molecule has 0 radical (unpaired) electrons. The lowest BCUT2D eigenvalue weighted by molar-refractivity contribution is -0.115. The number of carbonyl (C=O) groups excluding carboxylic acids is 1. The number of hydrogen-bond acceptors (Lipinski definition) is 4. The van der Waals surface area contributed by atoms with E-state index in [9.17, 15) is 4.79 Å². The van der Waals surface area contributed by atoms with Crippen molar-refractivity contribution in [2.75, 3.05) is 17.2 Å². The molecule has 0 unspecified atom stereocenters. The lowest BCUT2D eigenvalue weighted by atomic mass is 10.0. The van der Waals surface area contributed by atoms with Gasteiger partial charge in [-0.1, -0.05) is 31.1 Å². The van der Waals surface area contributed by atoms with Crippen molar-refractivity contribution in [2.24, 2.45) is 0 Å². The van der Waals surface area contributed by atoms with Crippen LogP contribution in [0.2, 0.25) is 0 Å². The van der Waals surface area contributed by atoms with Crippen molar-refractivity contribution in [1.29, 1.82) is 0 Å². The molecule has 2 aromatic rings. The number of anilines is 2. The fourth-order valence-corrected chi connectivity index (χ4v) is 1.93. The minimum Gasteiger partial charge on any atom is -0.367 e. The largest absolute Gasteiger partial charge is 0.367 e. The van der Waals surface area contributed by atoms with Crippen LogP contribution in [0.25, 0.3) is 0 Å². The summed E-state index contributed by atoms with van der Waals surface area (Å²) in [4.78, 5) is 11.8. The van der Waals surface area contributed by atoms with Crippen molar-refractivity contribution in [3.05, 3.63) is 41.7 Å². The minimum atomic E-state index is -0.0278. The van der Waals surface area contributed by atoms with Crippen LogP contribution in [0.3, 0.4) is 0 Å². The first-order valence-electron chi connectivity index (χ1n) is 7.11. The van der Waals surface area contributed by atoms with E-state index >= 15 is 0 Å². The molecule has 0 aliphatic heterocycles. The summed E-state index contributed by atoms with van der Waals surface area (Å²) in [5, 5.41) is 9.72. The molecule has 0 saturated heterocycles. The highest BCUT2D eigenvalue weighted by Crippen LogP contribution is 2.17. The highest BCUT2D eigenvalue weighted by Gasteiger charge is 2.05. The predicted molar refractivity (Wildman–Crippen MR) is 83.5 cm³/mol. The van der Waals surface area contributed by atoms with E-state index in [2.05, 4.69) is 29.6 Å². The van der Waals surface area contributed by atoms with Gasteiger partial charge in [-0.05, 0) is 30.5 Å². The standard InChI is InChI=1S/C16H21N3O2/c1-11(2)13-4-6-14(7-5-13)18-16(20)8-9-17-15-10-12(3)21-19-15/h4-7,10-11H,8-9H2,1-3H3,(H,17,19)(H,18,20). The number of nitrogens with one attached hydrogen (secondary N) is 2. The summed E-state index contributed by atoms with van der Waals surface area (Å²) in [7, 11) is 0. The number of carbonyl (C=O) groups is 1. The van der Waals surface area contributed by atoms with Gasteiger partial charge < -0.3 is 15.2 Å². The average molecular weight is 287 g/mol. The summed E-state index contributed by atoms with van der Waals surface area (Å²) >= 11 is 0. The van der Waals surface area contributed by atoms with Gasteiger partial charge in [-0.3, -0.25) is 4.79 Å². The molecule has 21 heavy (non-hydrogen) atoms. The Morgan fingerprint density at radius 3 is 2.57 bits per heavy atom. The predicted octanol–water partition coefficient (Wildman–Crippen LogP) is 3.55. The molecule has 0 fully saturated rings. The van der Waals surface area contributed by atoms with E-state index in [1.165, 1.54) is 5.56 Å². The van der Waals surface area contributed by atoms with Gasteiger partial charge in [0.25, 0.3) is 0 Å². The molecule has 5 heteroatoms. The molecule has 5 nitrogen and oxygen atoms in total. The monoisotopic (exact) mass is 287 g/mol. The van der Waals surface area contributed by atoms with Gasteiger partial charge in [-0.2, -0.15) is 0 Å². The summed E-state index contributed by atoms with van der Waals surface area (Å²) in [5.41, 5.74) is 2.08. The lowest BCUT2D eigenvalue weighted by Crippen LogP contribution is -2.16. The normalized spacial score (nSPS) is 10.7. The summed E-state index contributed by atoms with van der Waals surface area (Å²) < 4.78 is 4.94. The molecule has 0 bridgehead atoms. The number of nitrogens with zero attached hydrogens (tertiary/aromatic N) is 1. The van der Waals surface area contributed by atoms with Crippen molar-refractivity contribution < 1.29 is 9.32 Å². The molecule has 1 aromatic heterocycles. The summed E-state index contributed by atoms with van der Waals surface area (Å²) in [6.45, 7) is 6.63. The van der Waals surface area contributed by atoms with Crippen molar-refractivity contribution in [3.8, 4) is 0 Å². The number of hydrogen-bond donors (Lipinski definition) is 2. The Balaban J connectivity index is 1.76. The Labute approximate surface area is 124 Å². The van der Waals surface area contributed by atoms with Gasteiger partial charge in [-0.25, -0.2) is 0 Å². The molecule has 1 heterocycles. The van der Waals surface area contributed by atoms with E-state index < -0.39 is 0 Å². The van der Waals surface area contributed by atoms with Crippen LogP contribution in [0.1, 0.15) is 37.5 Å². The number of aromatic nitrogens is 1. The van der Waals surface area contributed by atoms with Gasteiger partial charge in [0.1, 0.15) is 5.76 Å². The van der Waals surface area contributed by atoms with Gasteiger partial charge >= 0.3 is 0 Å². The highest BCUT2D eigenvalue weighted by molar-refractivity contribution is 5.90. The Hall–Kier alpha value is -2.30. The molecule has 112 valence electrons. The molecule has 0 saturated carbocycles. The van der Waals surface area contributed by atoms with Crippen LogP contribution in [0.5, 0.6) is 0 Å². The Kier molecular flexibility index (Phi) is 4.98. The molecule has 2 N–H and O–H groups in total. The van der Waals surface area contributed by atoms with Crippen LogP contribution < -0.4 is 10.6 Å². The number of rotatable bonds is 6. The zero-order valence-corrected chi connectivity index (χ0v) is 12.6. The van der Waals surface area contributed by atoms with E-state index in [1.54, 1.807) is 6.07 Å². The smallest absolute Gasteiger partial charge is 0.226 e. The Morgan fingerprint density at radius 1 is 1.29 bits per heavy atom. The van der Waals surface area contributed by atoms with Crippen molar-refractivity contribution >= 4 is 17.4 Å². The third-order valence-corrected chi connectivity index (χ3v) is 3.15. The number of benzene rings is 1. The summed E-state index contributed by atoms with van der Waals surface area (Å²) in [6.07, 6.45) is 0.373. The van der Waals surface area contributed by atoms with E-state index in [0.29, 0.717) is 24.7 Å². The lowest BCUT2D eigenvalue weighted by Gasteiger charge is -2.08. The third kappa shape index (κ3) is 4.63. The Morgan fingerprint density at radius 2 is 2.00 bits per heavy atom. The van der Waals surface area contributed by atoms with Crippen LogP contribution in [0.15, 0.2) is 34.9 Å². The van der Waals surface area contributed by atoms with Gasteiger partial charge in [0, 0.05) is 24.7 Å². The minimum absolute atomic E-state index is 0.0278. The molecular formula is C16H21N3O2. The summed E-state index contributed by atoms with van der Waals surface area (Å²) in [6, 6.07) is 9.74. The number of amides is 1. The van der Waals surface area contributed by atoms with Crippen LogP contribution in [0, 0.1) is 6.92 Å². The van der Waals surface area contributed by atoms with Crippen molar-refractivity contribution in [3.63, 3.8) is 0 Å². The topological polar surface area (TPSA) is 67.2 Å². The first-order chi connectivity index (χ1) is 10.0. The van der Waals surface area contributed by atoms with Crippen molar-refractivity contribution in [2.45, 2.75) is 33.1 Å². The summed E-state index contributed by atoms with van der Waals surface area (Å²) in [5.74, 6) is 1.86. The molecule has 0 aliphatic carbocycles. The molecule has 1 aromatic carbocycles. The van der Waals surface area contributed by atoms with Crippen LogP contribution in [-0.4, -0.2) is 17.6 Å². The second-order valence-electron chi connectivity index (χ2n) is 5.32. The van der Waals surface area contributed by atoms with Gasteiger partial charge in [0.2, 0.25) is 5.91 Å². The van der Waals surface area contributed by atoms with Gasteiger partial charge in [0.05, 0.1) is 0 Å². The van der Waals surface area contributed by atoms with Gasteiger partial charge in [0.15, 0.2) is 5.82 Å². The van der Waals surface area contributed by atoms with Crippen LogP contribution >= 0.6 is 0 Å². The molecule has 0 atom stereocenters. The second kappa shape index (κ2) is 6.92. The van der Waals surface area contributed by atoms with Crippen LogP contribution in [0.4, 0.5) is 11.5 Å². The van der Waals surface area contributed by atoms with Crippen molar-refractivity contribution in [1.82, 2.24) is 5.16 Å². The fourth-order valence-electron chi connectivity index (χ4n) is 1.93. The fraction of sp³-hybridized carbons (Fsp3) is 0.375. The van der Waals surface area contributed by atoms with E-state index in [1.807, 2.05) is 31.2 Å². The first kappa shape index (κ1) is 15.1. The molecule has 0 spiro atoms. The molecule has 1 amide bonds. The van der Waals surface area contributed by atoms with Crippen LogP contribution in [-0.2, 0) is 4.79 Å². The Bertz CT molecular complexity index is 588. The van der Waals surface area contributed by atoms with E-state index in [0.717, 1.165) is 11.4 Å². The highest BCUT2D eigenvalue weighted by atomic mass is 16.5.